The average Bonchev–Trinajstić information content (AvgIpc) is 2.29. The quantitative estimate of drug-likeness (QED) is 0.694. The normalized spacial score (nSPS) is 12.4. The summed E-state index contributed by atoms with van der Waals surface area (Å²) in [6, 6.07) is 10.0. The molecule has 1 rings (SSSR count). The Morgan fingerprint density at radius 2 is 1.93 bits per heavy atom. The first-order valence-corrected chi connectivity index (χ1v) is 5.79. The predicted octanol–water partition coefficient (Wildman–Crippen LogP) is 2.84. The maximum Gasteiger partial charge on any atom is 0.119 e. The van der Waals surface area contributed by atoms with E-state index >= 15 is 0 Å². The van der Waals surface area contributed by atoms with Crippen LogP contribution < -0.4 is 10.1 Å². The molecule has 0 bridgehead atoms. The van der Waals surface area contributed by atoms with E-state index in [9.17, 15) is 0 Å². The lowest BCUT2D eigenvalue weighted by Gasteiger charge is -2.17. The van der Waals surface area contributed by atoms with E-state index in [1.54, 1.807) is 0 Å². The first-order chi connectivity index (χ1) is 7.36. The molecule has 0 amide bonds. The van der Waals surface area contributed by atoms with Crippen LogP contribution in [0, 0.1) is 0 Å². The fraction of sp³-hybridized carbons (Fsp3) is 0.538. The molecule has 0 fully saturated rings. The number of para-hydroxylation sites is 1. The highest BCUT2D eigenvalue weighted by Gasteiger charge is 2.06. The third kappa shape index (κ3) is 4.84. The van der Waals surface area contributed by atoms with Crippen LogP contribution in [0.15, 0.2) is 30.3 Å². The molecule has 1 aromatic carbocycles. The number of rotatable bonds is 7. The van der Waals surface area contributed by atoms with E-state index in [1.807, 2.05) is 30.3 Å². The van der Waals surface area contributed by atoms with E-state index in [0.717, 1.165) is 25.3 Å². The van der Waals surface area contributed by atoms with Gasteiger partial charge in [-0.05, 0) is 31.5 Å². The van der Waals surface area contributed by atoms with Crippen molar-refractivity contribution in [2.24, 2.45) is 0 Å². The minimum absolute atomic E-state index is 0.277. The Bertz CT molecular complexity index is 248. The summed E-state index contributed by atoms with van der Waals surface area (Å²) < 4.78 is 5.85. The lowest BCUT2D eigenvalue weighted by Crippen LogP contribution is -2.31. The van der Waals surface area contributed by atoms with Crippen molar-refractivity contribution in [3.63, 3.8) is 0 Å². The Morgan fingerprint density at radius 1 is 1.20 bits per heavy atom. The number of benzene rings is 1. The lowest BCUT2D eigenvalue weighted by molar-refractivity contribution is 0.193. The van der Waals surface area contributed by atoms with Gasteiger partial charge < -0.3 is 10.1 Å². The Morgan fingerprint density at radius 3 is 2.53 bits per heavy atom. The van der Waals surface area contributed by atoms with Gasteiger partial charge >= 0.3 is 0 Å². The Balaban J connectivity index is 2.33. The fourth-order valence-electron chi connectivity index (χ4n) is 1.40. The van der Waals surface area contributed by atoms with Crippen molar-refractivity contribution in [2.45, 2.75) is 32.8 Å². The van der Waals surface area contributed by atoms with Crippen LogP contribution in [0.3, 0.4) is 0 Å². The second-order valence-electron chi connectivity index (χ2n) is 3.67. The fourth-order valence-corrected chi connectivity index (χ4v) is 1.40. The highest BCUT2D eigenvalue weighted by atomic mass is 16.5. The minimum atomic E-state index is 0.277. The highest BCUT2D eigenvalue weighted by Crippen LogP contribution is 2.11. The van der Waals surface area contributed by atoms with Crippen molar-refractivity contribution >= 4 is 0 Å². The van der Waals surface area contributed by atoms with Crippen LogP contribution in [0.4, 0.5) is 0 Å². The smallest absolute Gasteiger partial charge is 0.119 e. The molecule has 1 atom stereocenters. The molecule has 84 valence electrons. The SMILES string of the molecule is CCCNCC(CC)Oc1ccccc1. The maximum atomic E-state index is 5.85. The van der Waals surface area contributed by atoms with Crippen molar-refractivity contribution < 1.29 is 4.74 Å². The molecule has 2 heteroatoms. The van der Waals surface area contributed by atoms with Gasteiger partial charge in [-0.1, -0.05) is 32.0 Å². The van der Waals surface area contributed by atoms with Crippen LogP contribution in [-0.2, 0) is 0 Å². The van der Waals surface area contributed by atoms with E-state index in [1.165, 1.54) is 6.42 Å². The van der Waals surface area contributed by atoms with Crippen LogP contribution in [0.2, 0.25) is 0 Å². The topological polar surface area (TPSA) is 21.3 Å². The van der Waals surface area contributed by atoms with Crippen LogP contribution >= 0.6 is 0 Å². The number of hydrogen-bond acceptors (Lipinski definition) is 2. The molecule has 1 N–H and O–H groups in total. The predicted molar refractivity (Wildman–Crippen MR) is 64.3 cm³/mol. The first-order valence-electron chi connectivity index (χ1n) is 5.79. The monoisotopic (exact) mass is 207 g/mol. The van der Waals surface area contributed by atoms with E-state index < -0.39 is 0 Å². The maximum absolute atomic E-state index is 5.85. The third-order valence-corrected chi connectivity index (χ3v) is 2.30. The third-order valence-electron chi connectivity index (χ3n) is 2.30. The van der Waals surface area contributed by atoms with E-state index in [0.29, 0.717) is 0 Å². The summed E-state index contributed by atoms with van der Waals surface area (Å²) in [5, 5.41) is 3.38. The molecule has 0 aliphatic carbocycles. The lowest BCUT2D eigenvalue weighted by atomic mass is 10.2. The van der Waals surface area contributed by atoms with Crippen molar-refractivity contribution in [1.82, 2.24) is 5.32 Å². The zero-order valence-corrected chi connectivity index (χ0v) is 9.70. The van der Waals surface area contributed by atoms with E-state index in [2.05, 4.69) is 19.2 Å². The van der Waals surface area contributed by atoms with Gasteiger partial charge in [0.2, 0.25) is 0 Å². The first kappa shape index (κ1) is 12.1. The van der Waals surface area contributed by atoms with Crippen LogP contribution in [0.25, 0.3) is 0 Å². The van der Waals surface area contributed by atoms with Crippen LogP contribution in [0.1, 0.15) is 26.7 Å². The van der Waals surface area contributed by atoms with Gasteiger partial charge in [-0.3, -0.25) is 0 Å². The zero-order valence-electron chi connectivity index (χ0n) is 9.70. The summed E-state index contributed by atoms with van der Waals surface area (Å²) in [7, 11) is 0. The Labute approximate surface area is 92.6 Å². The molecule has 0 saturated heterocycles. The molecule has 0 spiro atoms. The molecular weight excluding hydrogens is 186 g/mol. The average molecular weight is 207 g/mol. The van der Waals surface area contributed by atoms with Crippen molar-refractivity contribution in [1.29, 1.82) is 0 Å². The van der Waals surface area contributed by atoms with E-state index in [4.69, 9.17) is 4.74 Å². The molecule has 2 nitrogen and oxygen atoms in total. The van der Waals surface area contributed by atoms with Gasteiger partial charge in [0.05, 0.1) is 0 Å². The summed E-state index contributed by atoms with van der Waals surface area (Å²) in [6.45, 7) is 6.32. The summed E-state index contributed by atoms with van der Waals surface area (Å²) in [6.07, 6.45) is 2.48. The minimum Gasteiger partial charge on any atom is -0.489 e. The molecule has 0 saturated carbocycles. The highest BCUT2D eigenvalue weighted by molar-refractivity contribution is 5.21. The van der Waals surface area contributed by atoms with Gasteiger partial charge in [0.15, 0.2) is 0 Å². The second-order valence-corrected chi connectivity index (χ2v) is 3.67. The molecular formula is C13H21NO. The molecule has 0 radical (unpaired) electrons. The number of ether oxygens (including phenoxy) is 1. The molecule has 15 heavy (non-hydrogen) atoms. The Kier molecular flexibility index (Phi) is 5.86. The van der Waals surface area contributed by atoms with E-state index in [-0.39, 0.29) is 6.10 Å². The Hall–Kier alpha value is -1.02. The van der Waals surface area contributed by atoms with Gasteiger partial charge in [-0.25, -0.2) is 0 Å². The van der Waals surface area contributed by atoms with Crippen molar-refractivity contribution in [3.8, 4) is 5.75 Å². The van der Waals surface area contributed by atoms with Gasteiger partial charge in [-0.15, -0.1) is 0 Å². The van der Waals surface area contributed by atoms with Gasteiger partial charge in [-0.2, -0.15) is 0 Å². The van der Waals surface area contributed by atoms with Crippen molar-refractivity contribution in [2.75, 3.05) is 13.1 Å². The molecule has 0 aliphatic rings. The van der Waals surface area contributed by atoms with Crippen LogP contribution in [0.5, 0.6) is 5.75 Å². The van der Waals surface area contributed by atoms with Gasteiger partial charge in [0, 0.05) is 6.54 Å². The molecule has 1 unspecified atom stereocenters. The van der Waals surface area contributed by atoms with Crippen LogP contribution in [-0.4, -0.2) is 19.2 Å². The molecule has 0 aliphatic heterocycles. The molecule has 0 aromatic heterocycles. The zero-order chi connectivity index (χ0) is 10.9. The molecule has 1 aromatic rings. The summed E-state index contributed by atoms with van der Waals surface area (Å²) >= 11 is 0. The van der Waals surface area contributed by atoms with Crippen molar-refractivity contribution in [3.05, 3.63) is 30.3 Å². The number of nitrogens with one attached hydrogen (secondary N) is 1. The van der Waals surface area contributed by atoms with Gasteiger partial charge in [0.1, 0.15) is 11.9 Å². The summed E-state index contributed by atoms with van der Waals surface area (Å²) in [4.78, 5) is 0. The standard InChI is InChI=1S/C13H21NO/c1-3-10-14-11-12(4-2)15-13-8-6-5-7-9-13/h5-9,12,14H,3-4,10-11H2,1-2H3. The largest absolute Gasteiger partial charge is 0.489 e. The second kappa shape index (κ2) is 7.30. The van der Waals surface area contributed by atoms with Gasteiger partial charge in [0.25, 0.3) is 0 Å². The summed E-state index contributed by atoms with van der Waals surface area (Å²) in [5.74, 6) is 0.961. The summed E-state index contributed by atoms with van der Waals surface area (Å²) in [5.41, 5.74) is 0. The number of hydrogen-bond donors (Lipinski definition) is 1. The molecule has 0 heterocycles.